The van der Waals surface area contributed by atoms with Gasteiger partial charge in [-0.3, -0.25) is 4.79 Å². The second-order valence-electron chi connectivity index (χ2n) is 4.27. The van der Waals surface area contributed by atoms with Gasteiger partial charge in [0.1, 0.15) is 0 Å². The Kier molecular flexibility index (Phi) is 3.64. The number of aliphatic hydroxyl groups excluding tert-OH is 1. The minimum absolute atomic E-state index is 0.00176. The molecule has 2 rings (SSSR count). The zero-order chi connectivity index (χ0) is 12.3. The van der Waals surface area contributed by atoms with Crippen molar-refractivity contribution >= 4 is 11.6 Å². The highest BCUT2D eigenvalue weighted by Gasteiger charge is 2.26. The number of anilines is 1. The predicted octanol–water partition coefficient (Wildman–Crippen LogP) is 1.33. The standard InChI is InChI=1S/C13H18N2O2/c1-2-14-12-6-4-3-5-11(12)13(17)15-8-7-10(16)9-15/h3-6,10,14,16H,2,7-9H2,1H3/t10-/m0/s1. The molecule has 92 valence electrons. The van der Waals surface area contributed by atoms with Gasteiger partial charge >= 0.3 is 0 Å². The van der Waals surface area contributed by atoms with Gasteiger partial charge < -0.3 is 15.3 Å². The molecule has 0 aliphatic carbocycles. The molecule has 1 aliphatic heterocycles. The second-order valence-corrected chi connectivity index (χ2v) is 4.27. The zero-order valence-electron chi connectivity index (χ0n) is 10.0. The molecule has 0 saturated carbocycles. The highest BCUT2D eigenvalue weighted by molar-refractivity contribution is 5.99. The number of hydrogen-bond donors (Lipinski definition) is 2. The van der Waals surface area contributed by atoms with E-state index in [1.54, 1.807) is 4.90 Å². The van der Waals surface area contributed by atoms with E-state index in [2.05, 4.69) is 5.32 Å². The van der Waals surface area contributed by atoms with Crippen LogP contribution in [0.3, 0.4) is 0 Å². The van der Waals surface area contributed by atoms with Crippen molar-refractivity contribution in [1.82, 2.24) is 4.90 Å². The number of rotatable bonds is 3. The summed E-state index contributed by atoms with van der Waals surface area (Å²) in [5, 5.41) is 12.6. The number of amides is 1. The summed E-state index contributed by atoms with van der Waals surface area (Å²) in [6.07, 6.45) is 0.306. The molecule has 4 nitrogen and oxygen atoms in total. The fourth-order valence-electron chi connectivity index (χ4n) is 2.11. The van der Waals surface area contributed by atoms with Crippen LogP contribution in [-0.4, -0.2) is 41.7 Å². The van der Waals surface area contributed by atoms with Crippen LogP contribution >= 0.6 is 0 Å². The van der Waals surface area contributed by atoms with Crippen LogP contribution < -0.4 is 5.32 Å². The molecule has 1 aliphatic rings. The quantitative estimate of drug-likeness (QED) is 0.829. The molecule has 4 heteroatoms. The molecule has 17 heavy (non-hydrogen) atoms. The van der Waals surface area contributed by atoms with Crippen LogP contribution in [-0.2, 0) is 0 Å². The van der Waals surface area contributed by atoms with Crippen molar-refractivity contribution in [3.8, 4) is 0 Å². The van der Waals surface area contributed by atoms with E-state index < -0.39 is 0 Å². The lowest BCUT2D eigenvalue weighted by atomic mass is 10.1. The van der Waals surface area contributed by atoms with Crippen LogP contribution in [0.1, 0.15) is 23.7 Å². The average molecular weight is 234 g/mol. The number of nitrogens with zero attached hydrogens (tertiary/aromatic N) is 1. The third-order valence-electron chi connectivity index (χ3n) is 2.98. The van der Waals surface area contributed by atoms with E-state index in [1.165, 1.54) is 0 Å². The first-order valence-electron chi connectivity index (χ1n) is 6.02. The first-order valence-corrected chi connectivity index (χ1v) is 6.02. The Morgan fingerprint density at radius 1 is 1.53 bits per heavy atom. The lowest BCUT2D eigenvalue weighted by Gasteiger charge is -2.18. The molecule has 1 amide bonds. The molecule has 1 aromatic carbocycles. The van der Waals surface area contributed by atoms with Gasteiger partial charge in [0.2, 0.25) is 0 Å². The number of para-hydroxylation sites is 1. The summed E-state index contributed by atoms with van der Waals surface area (Å²) in [5.74, 6) is -0.00176. The van der Waals surface area contributed by atoms with Crippen molar-refractivity contribution in [3.05, 3.63) is 29.8 Å². The maximum Gasteiger partial charge on any atom is 0.256 e. The van der Waals surface area contributed by atoms with E-state index in [0.29, 0.717) is 25.1 Å². The molecule has 1 atom stereocenters. The normalized spacial score (nSPS) is 19.4. The van der Waals surface area contributed by atoms with Crippen LogP contribution in [0.2, 0.25) is 0 Å². The molecule has 0 radical (unpaired) electrons. The topological polar surface area (TPSA) is 52.6 Å². The maximum absolute atomic E-state index is 12.3. The Balaban J connectivity index is 2.18. The Morgan fingerprint density at radius 3 is 2.94 bits per heavy atom. The molecule has 1 aromatic rings. The lowest BCUT2D eigenvalue weighted by Crippen LogP contribution is -2.30. The van der Waals surface area contributed by atoms with E-state index >= 15 is 0 Å². The van der Waals surface area contributed by atoms with Crippen molar-refractivity contribution in [3.63, 3.8) is 0 Å². The average Bonchev–Trinajstić information content (AvgIpc) is 2.76. The van der Waals surface area contributed by atoms with E-state index in [1.807, 2.05) is 31.2 Å². The SMILES string of the molecule is CCNc1ccccc1C(=O)N1CC[C@H](O)C1. The van der Waals surface area contributed by atoms with Crippen molar-refractivity contribution in [2.75, 3.05) is 25.0 Å². The molecular formula is C13H18N2O2. The van der Waals surface area contributed by atoms with Gasteiger partial charge in [-0.05, 0) is 25.5 Å². The first-order chi connectivity index (χ1) is 8.22. The monoisotopic (exact) mass is 234 g/mol. The van der Waals surface area contributed by atoms with Crippen LogP contribution in [0.4, 0.5) is 5.69 Å². The van der Waals surface area contributed by atoms with Gasteiger partial charge in [0.15, 0.2) is 0 Å². The number of likely N-dealkylation sites (tertiary alicyclic amines) is 1. The zero-order valence-corrected chi connectivity index (χ0v) is 10.0. The fourth-order valence-corrected chi connectivity index (χ4v) is 2.11. The minimum atomic E-state index is -0.370. The smallest absolute Gasteiger partial charge is 0.256 e. The van der Waals surface area contributed by atoms with Crippen molar-refractivity contribution < 1.29 is 9.90 Å². The number of hydrogen-bond acceptors (Lipinski definition) is 3. The van der Waals surface area contributed by atoms with E-state index in [-0.39, 0.29) is 12.0 Å². The van der Waals surface area contributed by atoms with Crippen molar-refractivity contribution in [2.45, 2.75) is 19.4 Å². The Bertz CT molecular complexity index is 406. The molecule has 0 spiro atoms. The van der Waals surface area contributed by atoms with Crippen LogP contribution in [0.15, 0.2) is 24.3 Å². The summed E-state index contributed by atoms with van der Waals surface area (Å²) in [5.41, 5.74) is 1.55. The molecule has 1 fully saturated rings. The number of carbonyl (C=O) groups is 1. The number of nitrogens with one attached hydrogen (secondary N) is 1. The molecular weight excluding hydrogens is 216 g/mol. The summed E-state index contributed by atoms with van der Waals surface area (Å²) in [6.45, 7) is 3.87. The third-order valence-corrected chi connectivity index (χ3v) is 2.98. The minimum Gasteiger partial charge on any atom is -0.391 e. The lowest BCUT2D eigenvalue weighted by molar-refractivity contribution is 0.0766. The summed E-state index contributed by atoms with van der Waals surface area (Å²) in [4.78, 5) is 14.0. The van der Waals surface area contributed by atoms with E-state index in [0.717, 1.165) is 12.2 Å². The Labute approximate surface area is 101 Å². The van der Waals surface area contributed by atoms with Gasteiger partial charge in [0.05, 0.1) is 11.7 Å². The second kappa shape index (κ2) is 5.19. The van der Waals surface area contributed by atoms with Gasteiger partial charge in [-0.1, -0.05) is 12.1 Å². The van der Waals surface area contributed by atoms with Crippen LogP contribution in [0.5, 0.6) is 0 Å². The maximum atomic E-state index is 12.3. The van der Waals surface area contributed by atoms with Gasteiger partial charge in [-0.15, -0.1) is 0 Å². The van der Waals surface area contributed by atoms with Crippen molar-refractivity contribution in [2.24, 2.45) is 0 Å². The highest BCUT2D eigenvalue weighted by Crippen LogP contribution is 2.19. The van der Waals surface area contributed by atoms with E-state index in [9.17, 15) is 9.90 Å². The highest BCUT2D eigenvalue weighted by atomic mass is 16.3. The molecule has 0 aromatic heterocycles. The number of benzene rings is 1. The molecule has 1 saturated heterocycles. The van der Waals surface area contributed by atoms with Crippen LogP contribution in [0.25, 0.3) is 0 Å². The Hall–Kier alpha value is -1.55. The Morgan fingerprint density at radius 2 is 2.29 bits per heavy atom. The number of aliphatic hydroxyl groups is 1. The van der Waals surface area contributed by atoms with Gasteiger partial charge in [0.25, 0.3) is 5.91 Å². The van der Waals surface area contributed by atoms with E-state index in [4.69, 9.17) is 0 Å². The fraction of sp³-hybridized carbons (Fsp3) is 0.462. The number of β-amino-alcohol motifs (C(OH)–C–C–N with tert-alkyl or cyclic N) is 1. The summed E-state index contributed by atoms with van der Waals surface area (Å²) in [7, 11) is 0. The predicted molar refractivity (Wildman–Crippen MR) is 67.1 cm³/mol. The third kappa shape index (κ3) is 2.58. The largest absolute Gasteiger partial charge is 0.391 e. The summed E-state index contributed by atoms with van der Waals surface area (Å²) in [6, 6.07) is 7.50. The number of carbonyl (C=O) groups excluding carboxylic acids is 1. The van der Waals surface area contributed by atoms with Gasteiger partial charge in [-0.25, -0.2) is 0 Å². The first kappa shape index (κ1) is 11.9. The van der Waals surface area contributed by atoms with Crippen LogP contribution in [0, 0.1) is 0 Å². The molecule has 1 heterocycles. The molecule has 0 bridgehead atoms. The van der Waals surface area contributed by atoms with Gasteiger partial charge in [-0.2, -0.15) is 0 Å². The van der Waals surface area contributed by atoms with Crippen molar-refractivity contribution in [1.29, 1.82) is 0 Å². The molecule has 0 unspecified atom stereocenters. The molecule has 2 N–H and O–H groups in total. The summed E-state index contributed by atoms with van der Waals surface area (Å²) >= 11 is 0. The van der Waals surface area contributed by atoms with Gasteiger partial charge in [0, 0.05) is 25.3 Å². The summed E-state index contributed by atoms with van der Waals surface area (Å²) < 4.78 is 0.